The smallest absolute Gasteiger partial charge is 0.111 e. The molecule has 4 nitrogen and oxygen atoms in total. The van der Waals surface area contributed by atoms with Crippen molar-refractivity contribution in [2.45, 2.75) is 32.4 Å². The number of hydrogen-bond donors (Lipinski definition) is 2. The maximum Gasteiger partial charge on any atom is 0.111 e. The van der Waals surface area contributed by atoms with Gasteiger partial charge in [0.1, 0.15) is 5.82 Å². The first-order valence-electron chi connectivity index (χ1n) is 4.98. The van der Waals surface area contributed by atoms with E-state index in [1.807, 2.05) is 13.2 Å². The number of nitrogens with one attached hydrogen (secondary N) is 1. The zero-order valence-electron chi connectivity index (χ0n) is 9.07. The summed E-state index contributed by atoms with van der Waals surface area (Å²) in [6.45, 7) is 5.14. The van der Waals surface area contributed by atoms with Gasteiger partial charge in [-0.15, -0.1) is 0 Å². The minimum absolute atomic E-state index is 0.0988. The predicted octanol–water partition coefficient (Wildman–Crippen LogP) is 0.587. The number of rotatable bonds is 5. The molecule has 1 unspecified atom stereocenters. The normalized spacial score (nSPS) is 13.5. The lowest BCUT2D eigenvalue weighted by Crippen LogP contribution is -2.33. The molecule has 0 radical (unpaired) electrons. The quantitative estimate of drug-likeness (QED) is 0.726. The van der Waals surface area contributed by atoms with Gasteiger partial charge in [0.15, 0.2) is 0 Å². The fourth-order valence-corrected chi connectivity index (χ4v) is 1.45. The van der Waals surface area contributed by atoms with Crippen molar-refractivity contribution in [1.29, 1.82) is 0 Å². The van der Waals surface area contributed by atoms with Crippen LogP contribution in [0, 0.1) is 0 Å². The van der Waals surface area contributed by atoms with Crippen molar-refractivity contribution in [1.82, 2.24) is 14.9 Å². The Labute approximate surface area is 85.0 Å². The molecule has 14 heavy (non-hydrogen) atoms. The summed E-state index contributed by atoms with van der Waals surface area (Å²) in [5.74, 6) is 1.49. The lowest BCUT2D eigenvalue weighted by molar-refractivity contribution is 0.234. The highest BCUT2D eigenvalue weighted by molar-refractivity contribution is 4.98. The van der Waals surface area contributed by atoms with E-state index in [0.717, 1.165) is 12.4 Å². The van der Waals surface area contributed by atoms with Crippen molar-refractivity contribution >= 4 is 0 Å². The molecule has 0 saturated heterocycles. The number of aromatic nitrogens is 2. The van der Waals surface area contributed by atoms with Crippen LogP contribution in [0.25, 0.3) is 0 Å². The van der Waals surface area contributed by atoms with Gasteiger partial charge in [-0.2, -0.15) is 0 Å². The van der Waals surface area contributed by atoms with Crippen LogP contribution in [0.1, 0.15) is 25.6 Å². The van der Waals surface area contributed by atoms with E-state index in [1.165, 1.54) is 0 Å². The molecule has 0 aliphatic rings. The molecule has 1 atom stereocenters. The highest BCUT2D eigenvalue weighted by atomic mass is 16.3. The van der Waals surface area contributed by atoms with E-state index in [-0.39, 0.29) is 12.6 Å². The average molecular weight is 197 g/mol. The second kappa shape index (κ2) is 5.12. The van der Waals surface area contributed by atoms with E-state index in [2.05, 4.69) is 28.7 Å². The summed E-state index contributed by atoms with van der Waals surface area (Å²) in [6, 6.07) is 0.0988. The molecule has 0 bridgehead atoms. The average Bonchev–Trinajstić information content (AvgIpc) is 2.62. The molecular weight excluding hydrogens is 178 g/mol. The molecule has 0 aliphatic heterocycles. The molecular formula is C10H19N3O. The van der Waals surface area contributed by atoms with Crippen LogP contribution in [0.15, 0.2) is 12.4 Å². The molecule has 1 aromatic rings. The number of hydrogen-bond acceptors (Lipinski definition) is 3. The molecule has 4 heteroatoms. The molecule has 0 aromatic carbocycles. The minimum atomic E-state index is 0.0988. The third kappa shape index (κ3) is 2.56. The first kappa shape index (κ1) is 11.2. The highest BCUT2D eigenvalue weighted by Gasteiger charge is 2.10. The van der Waals surface area contributed by atoms with Crippen LogP contribution < -0.4 is 5.32 Å². The summed E-state index contributed by atoms with van der Waals surface area (Å²) >= 11 is 0. The highest BCUT2D eigenvalue weighted by Crippen LogP contribution is 2.11. The topological polar surface area (TPSA) is 50.1 Å². The van der Waals surface area contributed by atoms with Crippen LogP contribution in [-0.4, -0.2) is 34.4 Å². The maximum atomic E-state index is 9.06. The van der Waals surface area contributed by atoms with Crippen LogP contribution >= 0.6 is 0 Å². The van der Waals surface area contributed by atoms with Crippen LogP contribution in [0.5, 0.6) is 0 Å². The van der Waals surface area contributed by atoms with Crippen LogP contribution in [0.2, 0.25) is 0 Å². The third-order valence-electron chi connectivity index (χ3n) is 2.31. The molecule has 0 spiro atoms. The Bertz CT molecular complexity index is 266. The van der Waals surface area contributed by atoms with Gasteiger partial charge < -0.3 is 15.0 Å². The molecule has 0 fully saturated rings. The summed E-state index contributed by atoms with van der Waals surface area (Å²) in [7, 11) is 1.85. The molecule has 80 valence electrons. The van der Waals surface area contributed by atoms with Crippen molar-refractivity contribution in [3.05, 3.63) is 18.2 Å². The van der Waals surface area contributed by atoms with Crippen molar-refractivity contribution < 1.29 is 5.11 Å². The number of likely N-dealkylation sites (N-methyl/N-ethyl adjacent to an activating group) is 1. The lowest BCUT2D eigenvalue weighted by Gasteiger charge is -2.16. The second-order valence-electron chi connectivity index (χ2n) is 3.76. The number of imidazole rings is 1. The van der Waals surface area contributed by atoms with Crippen molar-refractivity contribution in [2.75, 3.05) is 13.7 Å². The summed E-state index contributed by atoms with van der Waals surface area (Å²) in [6.07, 6.45) is 3.76. The zero-order chi connectivity index (χ0) is 10.6. The van der Waals surface area contributed by atoms with Gasteiger partial charge in [0.25, 0.3) is 0 Å². The minimum Gasteiger partial charge on any atom is -0.395 e. The van der Waals surface area contributed by atoms with Crippen LogP contribution in [0.4, 0.5) is 0 Å². The van der Waals surface area contributed by atoms with Gasteiger partial charge in [-0.3, -0.25) is 0 Å². The number of aliphatic hydroxyl groups is 1. The van der Waals surface area contributed by atoms with E-state index in [1.54, 1.807) is 6.20 Å². The first-order chi connectivity index (χ1) is 6.69. The summed E-state index contributed by atoms with van der Waals surface area (Å²) in [4.78, 5) is 4.29. The Kier molecular flexibility index (Phi) is 4.10. The predicted molar refractivity (Wildman–Crippen MR) is 56.2 cm³/mol. The van der Waals surface area contributed by atoms with Gasteiger partial charge in [-0.05, 0) is 7.05 Å². The number of nitrogens with zero attached hydrogens (tertiary/aromatic N) is 2. The molecule has 2 N–H and O–H groups in total. The van der Waals surface area contributed by atoms with E-state index in [9.17, 15) is 0 Å². The Balaban J connectivity index is 2.70. The Hall–Kier alpha value is -0.870. The first-order valence-corrected chi connectivity index (χ1v) is 4.98. The van der Waals surface area contributed by atoms with Gasteiger partial charge >= 0.3 is 0 Å². The van der Waals surface area contributed by atoms with Crippen molar-refractivity contribution in [3.8, 4) is 0 Å². The van der Waals surface area contributed by atoms with Crippen molar-refractivity contribution in [2.24, 2.45) is 0 Å². The van der Waals surface area contributed by atoms with Gasteiger partial charge in [0.05, 0.1) is 6.61 Å². The Morgan fingerprint density at radius 1 is 1.57 bits per heavy atom. The zero-order valence-corrected chi connectivity index (χ0v) is 9.07. The summed E-state index contributed by atoms with van der Waals surface area (Å²) < 4.78 is 2.09. The van der Waals surface area contributed by atoms with Gasteiger partial charge in [-0.1, -0.05) is 13.8 Å². The van der Waals surface area contributed by atoms with E-state index in [4.69, 9.17) is 5.11 Å². The monoisotopic (exact) mass is 197 g/mol. The number of aliphatic hydroxyl groups excluding tert-OH is 1. The molecule has 0 aliphatic carbocycles. The maximum absolute atomic E-state index is 9.06. The second-order valence-corrected chi connectivity index (χ2v) is 3.76. The van der Waals surface area contributed by atoms with Gasteiger partial charge in [-0.25, -0.2) is 4.98 Å². The molecule has 0 amide bonds. The fraction of sp³-hybridized carbons (Fsp3) is 0.700. The summed E-state index contributed by atoms with van der Waals surface area (Å²) in [5, 5.41) is 12.1. The van der Waals surface area contributed by atoms with Crippen molar-refractivity contribution in [3.63, 3.8) is 0 Å². The fourth-order valence-electron chi connectivity index (χ4n) is 1.45. The molecule has 0 saturated carbocycles. The largest absolute Gasteiger partial charge is 0.395 e. The van der Waals surface area contributed by atoms with E-state index < -0.39 is 0 Å². The van der Waals surface area contributed by atoms with Crippen LogP contribution in [0.3, 0.4) is 0 Å². The van der Waals surface area contributed by atoms with Gasteiger partial charge in [0.2, 0.25) is 0 Å². The van der Waals surface area contributed by atoms with Crippen LogP contribution in [-0.2, 0) is 6.54 Å². The lowest BCUT2D eigenvalue weighted by atomic mass is 10.2. The standard InChI is InChI=1S/C10H19N3O/c1-8(2)10-12-4-5-13(10)6-9(7-14)11-3/h4-5,8-9,11,14H,6-7H2,1-3H3. The molecule has 1 rings (SSSR count). The van der Waals surface area contributed by atoms with Gasteiger partial charge in [0, 0.05) is 30.9 Å². The van der Waals surface area contributed by atoms with E-state index in [0.29, 0.717) is 5.92 Å². The van der Waals surface area contributed by atoms with E-state index >= 15 is 0 Å². The Morgan fingerprint density at radius 2 is 2.29 bits per heavy atom. The Morgan fingerprint density at radius 3 is 2.79 bits per heavy atom. The SMILES string of the molecule is CNC(CO)Cn1ccnc1C(C)C. The summed E-state index contributed by atoms with van der Waals surface area (Å²) in [5.41, 5.74) is 0. The molecule has 1 heterocycles. The molecule has 1 aromatic heterocycles. The third-order valence-corrected chi connectivity index (χ3v) is 2.31.